The molecule has 1 saturated heterocycles. The summed E-state index contributed by atoms with van der Waals surface area (Å²) in [7, 11) is 3.31. The number of alkyl halides is 1. The largest absolute Gasteiger partial charge is 0.496 e. The zero-order valence-electron chi connectivity index (χ0n) is 20.1. The van der Waals surface area contributed by atoms with Crippen molar-refractivity contribution in [3.8, 4) is 22.6 Å². The molecule has 0 bridgehead atoms. The number of nitrogens with zero attached hydrogens (tertiary/aromatic N) is 1. The molecule has 34 heavy (non-hydrogen) atoms. The van der Waals surface area contributed by atoms with Crippen molar-refractivity contribution in [2.24, 2.45) is 0 Å². The van der Waals surface area contributed by atoms with E-state index in [1.165, 1.54) is 0 Å². The highest BCUT2D eigenvalue weighted by atomic mass is 19.1. The van der Waals surface area contributed by atoms with Crippen molar-refractivity contribution < 1.29 is 23.8 Å². The molecule has 0 aromatic heterocycles. The summed E-state index contributed by atoms with van der Waals surface area (Å²) in [6.45, 7) is 3.84. The van der Waals surface area contributed by atoms with Gasteiger partial charge in [0.15, 0.2) is 0 Å². The van der Waals surface area contributed by atoms with Gasteiger partial charge in [-0.1, -0.05) is 36.4 Å². The summed E-state index contributed by atoms with van der Waals surface area (Å²) in [5.41, 5.74) is 2.82. The molecule has 0 spiro atoms. The fourth-order valence-electron chi connectivity index (χ4n) is 4.81. The lowest BCUT2D eigenvalue weighted by molar-refractivity contribution is -0.136. The molecule has 0 aliphatic carbocycles. The van der Waals surface area contributed by atoms with Gasteiger partial charge in [0.25, 0.3) is 0 Å². The van der Waals surface area contributed by atoms with E-state index >= 15 is 0 Å². The van der Waals surface area contributed by atoms with Gasteiger partial charge in [0.05, 0.1) is 19.8 Å². The molecule has 0 amide bonds. The van der Waals surface area contributed by atoms with Gasteiger partial charge in [0.2, 0.25) is 0 Å². The average molecular weight is 466 g/mol. The number of methoxy groups -OCH3 is 2. The van der Waals surface area contributed by atoms with Gasteiger partial charge < -0.3 is 14.6 Å². The minimum atomic E-state index is -1.08. The van der Waals surface area contributed by atoms with Crippen LogP contribution in [0.5, 0.6) is 11.5 Å². The van der Waals surface area contributed by atoms with Crippen LogP contribution in [-0.4, -0.2) is 49.0 Å². The van der Waals surface area contributed by atoms with Crippen LogP contribution in [0.15, 0.2) is 48.5 Å². The number of carboxylic acids is 1. The van der Waals surface area contributed by atoms with E-state index < -0.39 is 11.6 Å². The lowest BCUT2D eigenvalue weighted by atomic mass is 9.92. The van der Waals surface area contributed by atoms with Crippen LogP contribution in [0.3, 0.4) is 0 Å². The number of rotatable bonds is 8. The number of fused-ring (bicyclic) bond motifs is 1. The minimum Gasteiger partial charge on any atom is -0.496 e. The lowest BCUT2D eigenvalue weighted by Crippen LogP contribution is -2.39. The quantitative estimate of drug-likeness (QED) is 0.451. The SMILES string of the molecule is COc1cc(CN2CCC(C)(F)CC2)cc(OC)c1-c1cccc2c(CCC(=O)O)cccc12. The Hall–Kier alpha value is -3.12. The third kappa shape index (κ3) is 5.17. The Morgan fingerprint density at radius 3 is 2.26 bits per heavy atom. The number of piperidine rings is 1. The second-order valence-corrected chi connectivity index (χ2v) is 9.28. The molecule has 4 rings (SSSR count). The maximum Gasteiger partial charge on any atom is 0.303 e. The topological polar surface area (TPSA) is 59.0 Å². The summed E-state index contributed by atoms with van der Waals surface area (Å²) in [5, 5.41) is 11.2. The van der Waals surface area contributed by atoms with E-state index in [9.17, 15) is 9.18 Å². The van der Waals surface area contributed by atoms with Crippen LogP contribution < -0.4 is 9.47 Å². The highest BCUT2D eigenvalue weighted by Crippen LogP contribution is 2.43. The number of carbonyl (C=O) groups is 1. The summed E-state index contributed by atoms with van der Waals surface area (Å²) < 4.78 is 25.9. The van der Waals surface area contributed by atoms with Gasteiger partial charge in [-0.05, 0) is 65.8 Å². The van der Waals surface area contributed by atoms with Crippen molar-refractivity contribution in [2.75, 3.05) is 27.3 Å². The Morgan fingerprint density at radius 1 is 1.03 bits per heavy atom. The Bertz CT molecular complexity index is 1160. The van der Waals surface area contributed by atoms with Gasteiger partial charge >= 0.3 is 5.97 Å². The first kappa shape index (κ1) is 24.0. The molecule has 180 valence electrons. The molecule has 3 aromatic carbocycles. The smallest absolute Gasteiger partial charge is 0.303 e. The Kier molecular flexibility index (Phi) is 7.08. The van der Waals surface area contributed by atoms with Crippen molar-refractivity contribution in [1.29, 1.82) is 0 Å². The van der Waals surface area contributed by atoms with E-state index in [-0.39, 0.29) is 6.42 Å². The molecule has 5 nitrogen and oxygen atoms in total. The molecule has 0 unspecified atom stereocenters. The van der Waals surface area contributed by atoms with Crippen molar-refractivity contribution in [1.82, 2.24) is 4.90 Å². The van der Waals surface area contributed by atoms with Crippen molar-refractivity contribution in [3.63, 3.8) is 0 Å². The summed E-state index contributed by atoms with van der Waals surface area (Å²) >= 11 is 0. The third-order valence-corrected chi connectivity index (χ3v) is 6.76. The maximum absolute atomic E-state index is 14.2. The number of hydrogen-bond donors (Lipinski definition) is 1. The number of likely N-dealkylation sites (tertiary alicyclic amines) is 1. The highest BCUT2D eigenvalue weighted by Gasteiger charge is 2.29. The van der Waals surface area contributed by atoms with E-state index in [4.69, 9.17) is 14.6 Å². The van der Waals surface area contributed by atoms with Crippen LogP contribution in [0.4, 0.5) is 4.39 Å². The molecular formula is C28H32FNO4. The molecule has 1 aliphatic rings. The Morgan fingerprint density at radius 2 is 1.65 bits per heavy atom. The van der Waals surface area contributed by atoms with Crippen LogP contribution in [0.2, 0.25) is 0 Å². The van der Waals surface area contributed by atoms with Crippen LogP contribution >= 0.6 is 0 Å². The lowest BCUT2D eigenvalue weighted by Gasteiger charge is -2.34. The zero-order valence-corrected chi connectivity index (χ0v) is 20.1. The summed E-state index contributed by atoms with van der Waals surface area (Å²) in [5.74, 6) is 0.618. The number of carboxylic acid groups (broad SMARTS) is 1. The summed E-state index contributed by atoms with van der Waals surface area (Å²) in [6.07, 6.45) is 1.64. The van der Waals surface area contributed by atoms with E-state index in [1.54, 1.807) is 21.1 Å². The van der Waals surface area contributed by atoms with E-state index in [1.807, 2.05) is 48.5 Å². The first-order valence-corrected chi connectivity index (χ1v) is 11.7. The number of hydrogen-bond acceptors (Lipinski definition) is 4. The minimum absolute atomic E-state index is 0.0860. The van der Waals surface area contributed by atoms with E-state index in [2.05, 4.69) is 4.90 Å². The molecule has 0 radical (unpaired) electrons. The van der Waals surface area contributed by atoms with Crippen molar-refractivity contribution in [3.05, 3.63) is 59.7 Å². The fourth-order valence-corrected chi connectivity index (χ4v) is 4.81. The molecule has 6 heteroatoms. The van der Waals surface area contributed by atoms with E-state index in [0.717, 1.165) is 46.1 Å². The zero-order chi connectivity index (χ0) is 24.3. The Labute approximate surface area is 200 Å². The molecule has 1 N–H and O–H groups in total. The molecule has 1 aliphatic heterocycles. The van der Waals surface area contributed by atoms with Gasteiger partial charge in [-0.2, -0.15) is 0 Å². The predicted molar refractivity (Wildman–Crippen MR) is 132 cm³/mol. The maximum atomic E-state index is 14.2. The first-order chi connectivity index (χ1) is 16.3. The number of aliphatic carboxylic acids is 1. The molecule has 0 atom stereocenters. The predicted octanol–water partition coefficient (Wildman–Crippen LogP) is 5.87. The fraction of sp³-hybridized carbons (Fsp3) is 0.393. The number of ether oxygens (including phenoxy) is 2. The number of benzene rings is 3. The van der Waals surface area contributed by atoms with Crippen molar-refractivity contribution in [2.45, 2.75) is 44.8 Å². The molecule has 0 saturated carbocycles. The average Bonchev–Trinajstić information content (AvgIpc) is 2.83. The monoisotopic (exact) mass is 465 g/mol. The molecular weight excluding hydrogens is 433 g/mol. The van der Waals surface area contributed by atoms with Gasteiger partial charge in [-0.15, -0.1) is 0 Å². The molecule has 3 aromatic rings. The van der Waals surface area contributed by atoms with Gasteiger partial charge in [0.1, 0.15) is 17.2 Å². The number of halogens is 1. The van der Waals surface area contributed by atoms with E-state index in [0.29, 0.717) is 37.3 Å². The summed E-state index contributed by atoms with van der Waals surface area (Å²) in [6, 6.07) is 16.1. The third-order valence-electron chi connectivity index (χ3n) is 6.76. The van der Waals surface area contributed by atoms with Crippen molar-refractivity contribution >= 4 is 16.7 Å². The first-order valence-electron chi connectivity index (χ1n) is 11.7. The second kappa shape index (κ2) is 10.0. The van der Waals surface area contributed by atoms with Gasteiger partial charge in [-0.3, -0.25) is 9.69 Å². The van der Waals surface area contributed by atoms with Crippen LogP contribution in [0, 0.1) is 0 Å². The van der Waals surface area contributed by atoms with Crippen LogP contribution in [0.1, 0.15) is 37.3 Å². The molecule has 1 fully saturated rings. The summed E-state index contributed by atoms with van der Waals surface area (Å²) in [4.78, 5) is 13.4. The normalized spacial score (nSPS) is 15.9. The Balaban J connectivity index is 1.73. The standard InChI is InChI=1S/C28H32FNO4/c1-28(29)12-14-30(15-13-28)18-19-16-24(33-2)27(25(17-19)34-3)23-9-5-7-21-20(10-11-26(31)32)6-4-8-22(21)23/h4-9,16-17H,10-15,18H2,1-3H3,(H,31,32). The second-order valence-electron chi connectivity index (χ2n) is 9.28. The molecule has 1 heterocycles. The van der Waals surface area contributed by atoms with Gasteiger partial charge in [0, 0.05) is 26.1 Å². The van der Waals surface area contributed by atoms with Crippen LogP contribution in [-0.2, 0) is 17.8 Å². The number of aryl methyl sites for hydroxylation is 1. The van der Waals surface area contributed by atoms with Gasteiger partial charge in [-0.25, -0.2) is 4.39 Å². The highest BCUT2D eigenvalue weighted by molar-refractivity contribution is 6.01. The van der Waals surface area contributed by atoms with Crippen LogP contribution in [0.25, 0.3) is 21.9 Å².